The first-order chi connectivity index (χ1) is 62.5. The number of carbonyl (C=O) groups is 13. The van der Waals surface area contributed by atoms with Crippen LogP contribution < -0.4 is 57.9 Å². The molecule has 6 aliphatic rings. The fourth-order valence-corrected chi connectivity index (χ4v) is 20.4. The maximum atomic E-state index is 15.5. The van der Waals surface area contributed by atoms with Crippen LogP contribution in [0.3, 0.4) is 0 Å². The third-order valence-corrected chi connectivity index (χ3v) is 28.8. The maximum Gasteiger partial charge on any atom is 0.409 e. The normalized spacial score (nSPS) is 27.5. The van der Waals surface area contributed by atoms with Gasteiger partial charge in [0.1, 0.15) is 64.9 Å². The van der Waals surface area contributed by atoms with E-state index in [-0.39, 0.29) is 93.3 Å². The molecule has 1 unspecified atom stereocenters. The van der Waals surface area contributed by atoms with Gasteiger partial charge in [-0.15, -0.1) is 11.8 Å². The van der Waals surface area contributed by atoms with Gasteiger partial charge in [-0.3, -0.25) is 63.0 Å². The minimum absolute atomic E-state index is 0.00268. The van der Waals surface area contributed by atoms with Crippen molar-refractivity contribution >= 4 is 133 Å². The number of hydrogen-bond donors (Lipinski definition) is 13. The van der Waals surface area contributed by atoms with Gasteiger partial charge in [0.25, 0.3) is 0 Å². The quantitative estimate of drug-likeness (QED) is 0.0113. The van der Waals surface area contributed by atoms with Gasteiger partial charge >= 0.3 is 12.1 Å². The highest BCUT2D eigenvalue weighted by molar-refractivity contribution is 8.76. The van der Waals surface area contributed by atoms with Crippen LogP contribution in [0.5, 0.6) is 5.75 Å². The van der Waals surface area contributed by atoms with E-state index in [0.717, 1.165) is 60.5 Å². The molecule has 0 radical (unpaired) electrons. The van der Waals surface area contributed by atoms with E-state index in [0.29, 0.717) is 53.8 Å². The van der Waals surface area contributed by atoms with E-state index >= 15 is 19.2 Å². The zero-order valence-electron chi connectivity index (χ0n) is 75.4. The number of amides is 11. The fraction of sp³-hybridized carbons (Fsp3) is 0.538. The van der Waals surface area contributed by atoms with Gasteiger partial charge in [-0.2, -0.15) is 0 Å². The standard InChI is InChI=1S/C93H123ClN12O22S3/c1-52-23-17-20-31-75(125-10)93(123)48-73(126-91(122)103-93)53(2)82-92(6,128-82)76(47-78(112)105(8)70-42-59(39-52)43-72(124-9)80(70)94)127-90(121)54(3)104(7)77(111)34-38-129-74-46-79(113)106(89(74)120)37-36-96-65(41-58-26-15-12-16-27-58)85(116)100-68-50-130-131-51-69(87(118)99-67(49-107)55(4)108)101-88(119)81(56(5)109)102-84(115)64(30-21-22-35-95)97-86(117)66(44-61-33-32-60-28-18-19-29-63(60)61)98-83(114)62(45-71(68)110)40-57-24-13-11-14-25-57/h11-20,23-29,33,42-43,53-56,62,64-69,73-76,81-82,96,107-109,123H,21-22,30-32,34-41,44-51,95H2,1-10H3,(H,97,117)(H,98,114)(H,99,118)(H,100,116)(H,101,119)(H,102,115)(H,103,122)/b20-17+,52-23+/t53-,54+,55-,56-,62-,64+,65-,66-,67-,68+,69+,73+,74?,75-,76+,81+,82+,92+,93+/m1/s1. The Morgan fingerprint density at radius 2 is 1.51 bits per heavy atom. The summed E-state index contributed by atoms with van der Waals surface area (Å²) in [6, 6.07) is 17.6. The second kappa shape index (κ2) is 48.2. The molecule has 34 nitrogen and oxygen atoms in total. The summed E-state index contributed by atoms with van der Waals surface area (Å²) < 4.78 is 29.9. The highest BCUT2D eigenvalue weighted by atomic mass is 35.5. The van der Waals surface area contributed by atoms with E-state index in [1.807, 2.05) is 49.4 Å². The van der Waals surface area contributed by atoms with Gasteiger partial charge in [0, 0.05) is 95.5 Å². The van der Waals surface area contributed by atoms with E-state index < -0.39 is 210 Å². The molecule has 0 spiro atoms. The number of alkyl carbamates (subject to hydrolysis) is 1. The van der Waals surface area contributed by atoms with E-state index in [9.17, 15) is 63.6 Å². The van der Waals surface area contributed by atoms with Crippen LogP contribution in [0.2, 0.25) is 5.02 Å². The molecule has 4 fully saturated rings. The van der Waals surface area contributed by atoms with Crippen LogP contribution in [-0.2, 0) is 102 Å². The van der Waals surface area contributed by atoms with Crippen molar-refractivity contribution in [2.24, 2.45) is 17.6 Å². The molecule has 712 valence electrons. The molecule has 4 aromatic carbocycles. The summed E-state index contributed by atoms with van der Waals surface area (Å²) in [5, 5.41) is 65.3. The number of nitrogens with two attached hydrogens (primary N) is 1. The average molecular weight is 1890 g/mol. The third-order valence-electron chi connectivity index (χ3n) is 24.8. The van der Waals surface area contributed by atoms with Crippen molar-refractivity contribution in [3.63, 3.8) is 0 Å². The van der Waals surface area contributed by atoms with Crippen molar-refractivity contribution < 1.29 is 106 Å². The molecule has 10 rings (SSSR count). The van der Waals surface area contributed by atoms with Crippen molar-refractivity contribution in [2.45, 2.75) is 233 Å². The molecule has 5 aliphatic heterocycles. The number of nitrogens with zero attached hydrogens (tertiary/aromatic N) is 3. The first-order valence-corrected chi connectivity index (χ1v) is 48.0. The molecule has 4 bridgehead atoms. The number of imide groups is 1. The first kappa shape index (κ1) is 103. The van der Waals surface area contributed by atoms with Gasteiger partial charge in [0.2, 0.25) is 59.1 Å². The Morgan fingerprint density at radius 1 is 0.824 bits per heavy atom. The number of likely N-dealkylation sites (tertiary alicyclic amines) is 1. The molecular formula is C93H123ClN12O22S3. The molecule has 0 saturated carbocycles. The summed E-state index contributed by atoms with van der Waals surface area (Å²) in [5.41, 5.74) is 8.37. The number of halogens is 1. The number of carbonyl (C=O) groups excluding carboxylic acids is 13. The van der Waals surface area contributed by atoms with Crippen LogP contribution >= 0.6 is 45.0 Å². The predicted octanol–water partition coefficient (Wildman–Crippen LogP) is 4.39. The van der Waals surface area contributed by atoms with Crippen LogP contribution in [0.1, 0.15) is 134 Å². The number of benzene rings is 4. The molecule has 0 aromatic heterocycles. The number of aliphatic hydroxyl groups is 4. The number of nitrogens with one attached hydrogen (secondary N) is 8. The molecule has 5 heterocycles. The molecule has 11 amide bonds. The van der Waals surface area contributed by atoms with E-state index in [1.54, 1.807) is 92.7 Å². The zero-order valence-corrected chi connectivity index (χ0v) is 78.6. The number of esters is 1. The van der Waals surface area contributed by atoms with Gasteiger partial charge < -0.3 is 96.9 Å². The van der Waals surface area contributed by atoms with Crippen LogP contribution in [0.25, 0.3) is 5.57 Å². The van der Waals surface area contributed by atoms with Crippen LogP contribution in [0.15, 0.2) is 127 Å². The van der Waals surface area contributed by atoms with Gasteiger partial charge in [0.05, 0.1) is 67.5 Å². The number of Topliss-reactive ketones (excluding diaryl/α,β-unsaturated/α-hetero) is 1. The largest absolute Gasteiger partial charge is 0.495 e. The number of aliphatic hydroxyl groups excluding tert-OH is 3. The highest BCUT2D eigenvalue weighted by Crippen LogP contribution is 2.50. The monoisotopic (exact) mass is 1890 g/mol. The Morgan fingerprint density at radius 3 is 2.20 bits per heavy atom. The number of fused-ring (bicyclic) bond motifs is 6. The summed E-state index contributed by atoms with van der Waals surface area (Å²) >= 11 is 7.98. The van der Waals surface area contributed by atoms with Crippen LogP contribution in [-0.4, -0.2) is 280 Å². The number of thioether (sulfide) groups is 1. The number of epoxide rings is 1. The van der Waals surface area contributed by atoms with Crippen molar-refractivity contribution in [2.75, 3.05) is 76.7 Å². The lowest BCUT2D eigenvalue weighted by Crippen LogP contribution is -2.64. The van der Waals surface area contributed by atoms with Gasteiger partial charge in [-0.05, 0) is 138 Å². The molecule has 4 saturated heterocycles. The Bertz CT molecular complexity index is 4840. The Balaban J connectivity index is 0.842. The molecule has 131 heavy (non-hydrogen) atoms. The number of methoxy groups -OCH3 is 2. The predicted molar refractivity (Wildman–Crippen MR) is 496 cm³/mol. The zero-order chi connectivity index (χ0) is 95.1. The highest BCUT2D eigenvalue weighted by Gasteiger charge is 2.65. The summed E-state index contributed by atoms with van der Waals surface area (Å²) in [7, 11) is 7.76. The summed E-state index contributed by atoms with van der Waals surface area (Å²) in [4.78, 5) is 193. The molecule has 14 N–H and O–H groups in total. The summed E-state index contributed by atoms with van der Waals surface area (Å²) in [5.74, 6) is -10.9. The average Bonchev–Trinajstić information content (AvgIpc) is 1.57. The number of unbranched alkanes of at least 4 members (excludes halogenated alkanes) is 1. The van der Waals surface area contributed by atoms with Crippen molar-refractivity contribution in [1.29, 1.82) is 0 Å². The fourth-order valence-electron chi connectivity index (χ4n) is 16.6. The second-order valence-electron chi connectivity index (χ2n) is 34.4. The SMILES string of the molecule is COc1cc2cc(c1Cl)N(C)C(=O)C[C@H](OC(=O)[C@H](C)N(C)C(=O)CCSC1CC(=O)N(CCN[C@H](Cc3ccccc3)C(=O)N[C@H]3CSSC[C@@H](C(=O)N[C@H](CO)[C@@H](C)O)NC(=O)[C@H]([C@@H](C)O)NC(=O)[C@H](CCCCN)NC(=O)[C@@H](CC4=CCc5ccccc54)NC(=O)[C@H](Cc4ccccc4)CC3=O)C1=O)[C@]1(C)O[C@H]1[C@H](C)[C@@H]1C[C@@](O)(NC(=O)O1)[C@H](OC)C/C=C/C=C(\C)C2. The van der Waals surface area contributed by atoms with E-state index in [1.165, 1.54) is 58.9 Å². The summed E-state index contributed by atoms with van der Waals surface area (Å²) in [6.07, 6.45) is -0.251. The van der Waals surface area contributed by atoms with E-state index in [2.05, 4.69) is 42.5 Å². The Kier molecular flexibility index (Phi) is 38.0. The molecule has 38 heteroatoms. The lowest BCUT2D eigenvalue weighted by Gasteiger charge is -2.42. The number of anilines is 1. The second-order valence-corrected chi connectivity index (χ2v) is 38.6. The third kappa shape index (κ3) is 27.7. The number of ether oxygens (including phenoxy) is 5. The van der Waals surface area contributed by atoms with E-state index in [4.69, 9.17) is 41.0 Å². The topological polar surface area (TPSA) is 484 Å². The summed E-state index contributed by atoms with van der Waals surface area (Å²) in [6.45, 7) is 8.44. The molecule has 1 aliphatic carbocycles. The van der Waals surface area contributed by atoms with Crippen molar-refractivity contribution in [1.82, 2.24) is 52.3 Å². The smallest absolute Gasteiger partial charge is 0.409 e. The lowest BCUT2D eigenvalue weighted by atomic mass is 9.83. The number of hydrogen-bond acceptors (Lipinski definition) is 27. The number of rotatable bonds is 30. The Labute approximate surface area is 780 Å². The molecule has 4 aromatic rings. The minimum Gasteiger partial charge on any atom is -0.495 e. The van der Waals surface area contributed by atoms with Crippen LogP contribution in [0.4, 0.5) is 10.5 Å². The maximum absolute atomic E-state index is 15.5. The van der Waals surface area contributed by atoms with Gasteiger partial charge in [0.15, 0.2) is 11.5 Å². The van der Waals surface area contributed by atoms with Crippen molar-refractivity contribution in [3.8, 4) is 5.75 Å². The minimum atomic E-state index is -1.89. The van der Waals surface area contributed by atoms with Gasteiger partial charge in [-0.25, -0.2) is 9.59 Å². The number of ketones is 1. The molecular weight excluding hydrogens is 1770 g/mol. The number of allylic oxidation sites excluding steroid dienone is 4. The number of likely N-dealkylation sites (N-methyl/N-ethyl adjacent to an activating group) is 1. The lowest BCUT2D eigenvalue weighted by molar-refractivity contribution is -0.162. The molecule has 19 atom stereocenters. The Hall–Kier alpha value is -9.77. The van der Waals surface area contributed by atoms with Gasteiger partial charge in [-0.1, -0.05) is 155 Å². The van der Waals surface area contributed by atoms with Crippen molar-refractivity contribution in [3.05, 3.63) is 160 Å². The van der Waals surface area contributed by atoms with Crippen LogP contribution in [0, 0.1) is 11.8 Å². The first-order valence-electron chi connectivity index (χ1n) is 44.1.